The first-order valence-electron chi connectivity index (χ1n) is 11.5. The first-order chi connectivity index (χ1) is 16.5. The van der Waals surface area contributed by atoms with Crippen LogP contribution in [0.15, 0.2) is 65.6 Å². The maximum absolute atomic E-state index is 12.6. The van der Waals surface area contributed by atoms with E-state index in [-0.39, 0.29) is 5.56 Å². The number of likely N-dealkylation sites (tertiary alicyclic amines) is 1. The lowest BCUT2D eigenvalue weighted by molar-refractivity contribution is 0.263. The van der Waals surface area contributed by atoms with Crippen LogP contribution >= 0.6 is 0 Å². The summed E-state index contributed by atoms with van der Waals surface area (Å²) in [7, 11) is 2.13. The highest BCUT2D eigenvalue weighted by Gasteiger charge is 2.19. The molecule has 8 heteroatoms. The molecule has 0 spiro atoms. The van der Waals surface area contributed by atoms with Gasteiger partial charge in [0.2, 0.25) is 5.95 Å². The minimum atomic E-state index is -0.231. The number of nitrogens with zero attached hydrogens (tertiary/aromatic N) is 3. The Morgan fingerprint density at radius 1 is 0.971 bits per heavy atom. The number of hydrogen-bond acceptors (Lipinski definition) is 7. The third kappa shape index (κ3) is 5.02. The fraction of sp³-hybridized carbons (Fsp3) is 0.269. The quantitative estimate of drug-likeness (QED) is 0.388. The first kappa shape index (κ1) is 21.9. The maximum atomic E-state index is 12.6. The summed E-state index contributed by atoms with van der Waals surface area (Å²) in [6.45, 7) is 4.11. The molecule has 0 atom stereocenters. The van der Waals surface area contributed by atoms with Gasteiger partial charge in [0.25, 0.3) is 5.56 Å². The molecule has 0 bridgehead atoms. The normalized spacial score (nSPS) is 14.8. The van der Waals surface area contributed by atoms with Gasteiger partial charge in [-0.1, -0.05) is 17.7 Å². The second-order valence-electron chi connectivity index (χ2n) is 8.75. The molecule has 1 saturated heterocycles. The number of fused-ring (bicyclic) bond motifs is 1. The van der Waals surface area contributed by atoms with Gasteiger partial charge in [0.1, 0.15) is 22.7 Å². The lowest BCUT2D eigenvalue weighted by atomic mass is 10.1. The van der Waals surface area contributed by atoms with E-state index < -0.39 is 0 Å². The number of piperidine rings is 1. The number of aryl methyl sites for hydroxylation is 1. The largest absolute Gasteiger partial charge is 0.457 e. The topological polar surface area (TPSA) is 95.2 Å². The fourth-order valence-electron chi connectivity index (χ4n) is 4.07. The predicted molar refractivity (Wildman–Crippen MR) is 135 cm³/mol. The van der Waals surface area contributed by atoms with E-state index in [1.165, 1.54) is 5.56 Å². The molecule has 34 heavy (non-hydrogen) atoms. The Bertz CT molecular complexity index is 1330. The molecular weight excluding hydrogens is 428 g/mol. The second kappa shape index (κ2) is 9.52. The van der Waals surface area contributed by atoms with Gasteiger partial charge in [-0.15, -0.1) is 0 Å². The van der Waals surface area contributed by atoms with Crippen molar-refractivity contribution in [3.8, 4) is 11.5 Å². The van der Waals surface area contributed by atoms with Crippen LogP contribution in [0.1, 0.15) is 18.4 Å². The fourth-order valence-corrected chi connectivity index (χ4v) is 4.07. The Kier molecular flexibility index (Phi) is 6.14. The van der Waals surface area contributed by atoms with E-state index in [4.69, 9.17) is 4.74 Å². The molecule has 5 rings (SSSR count). The van der Waals surface area contributed by atoms with Crippen molar-refractivity contribution in [1.29, 1.82) is 0 Å². The van der Waals surface area contributed by atoms with Gasteiger partial charge in [-0.25, -0.2) is 4.98 Å². The average Bonchev–Trinajstić information content (AvgIpc) is 2.83. The van der Waals surface area contributed by atoms with Crippen molar-refractivity contribution in [3.05, 3.63) is 76.7 Å². The summed E-state index contributed by atoms with van der Waals surface area (Å²) in [4.78, 5) is 26.9. The maximum Gasteiger partial charge on any atom is 0.261 e. The summed E-state index contributed by atoms with van der Waals surface area (Å²) in [5.41, 5.74) is 2.34. The first-order valence-corrected chi connectivity index (χ1v) is 11.5. The van der Waals surface area contributed by atoms with E-state index in [0.717, 1.165) is 43.1 Å². The molecule has 3 N–H and O–H groups in total. The van der Waals surface area contributed by atoms with Crippen LogP contribution in [0.3, 0.4) is 0 Å². The molecule has 0 saturated carbocycles. The number of hydrogen-bond donors (Lipinski definition) is 3. The van der Waals surface area contributed by atoms with Crippen molar-refractivity contribution in [2.24, 2.45) is 0 Å². The van der Waals surface area contributed by atoms with Crippen molar-refractivity contribution >= 4 is 28.4 Å². The van der Waals surface area contributed by atoms with Crippen molar-refractivity contribution in [3.63, 3.8) is 0 Å². The molecule has 0 radical (unpaired) electrons. The minimum Gasteiger partial charge on any atom is -0.457 e. The Morgan fingerprint density at radius 2 is 1.65 bits per heavy atom. The smallest absolute Gasteiger partial charge is 0.261 e. The Balaban J connectivity index is 1.38. The zero-order valence-corrected chi connectivity index (χ0v) is 19.3. The molecule has 174 valence electrons. The molecule has 3 heterocycles. The van der Waals surface area contributed by atoms with E-state index in [1.807, 2.05) is 55.5 Å². The third-order valence-corrected chi connectivity index (χ3v) is 6.05. The number of benzene rings is 2. The summed E-state index contributed by atoms with van der Waals surface area (Å²) >= 11 is 0. The molecule has 1 aliphatic rings. The Hall–Kier alpha value is -3.91. The van der Waals surface area contributed by atoms with E-state index in [1.54, 1.807) is 12.3 Å². The lowest BCUT2D eigenvalue weighted by Gasteiger charge is -2.29. The lowest BCUT2D eigenvalue weighted by Crippen LogP contribution is -2.37. The molecule has 1 fully saturated rings. The zero-order valence-electron chi connectivity index (χ0n) is 19.3. The number of aromatic nitrogens is 3. The number of H-pyrrole nitrogens is 1. The van der Waals surface area contributed by atoms with E-state index in [9.17, 15) is 4.79 Å². The molecule has 2 aromatic carbocycles. The molecule has 8 nitrogen and oxygen atoms in total. The van der Waals surface area contributed by atoms with E-state index in [0.29, 0.717) is 28.7 Å². The number of nitrogens with one attached hydrogen (secondary N) is 3. The van der Waals surface area contributed by atoms with Gasteiger partial charge < -0.3 is 25.3 Å². The van der Waals surface area contributed by atoms with Gasteiger partial charge >= 0.3 is 0 Å². The number of aromatic amines is 1. The molecule has 2 aromatic heterocycles. The van der Waals surface area contributed by atoms with E-state index in [2.05, 4.69) is 37.5 Å². The Morgan fingerprint density at radius 3 is 2.35 bits per heavy atom. The number of pyridine rings is 1. The van der Waals surface area contributed by atoms with Gasteiger partial charge in [-0.05, 0) is 82.4 Å². The molecule has 0 aliphatic carbocycles. The molecular formula is C26H28N6O2. The van der Waals surface area contributed by atoms with Crippen molar-refractivity contribution in [2.75, 3.05) is 30.8 Å². The van der Waals surface area contributed by atoms with Crippen LogP contribution in [-0.2, 0) is 0 Å². The van der Waals surface area contributed by atoms with Crippen LogP contribution in [-0.4, -0.2) is 46.0 Å². The summed E-state index contributed by atoms with van der Waals surface area (Å²) in [6.07, 6.45) is 3.66. The van der Waals surface area contributed by atoms with Gasteiger partial charge in [-0.3, -0.25) is 4.79 Å². The van der Waals surface area contributed by atoms with Crippen LogP contribution in [0.2, 0.25) is 0 Å². The van der Waals surface area contributed by atoms with Crippen LogP contribution < -0.4 is 20.9 Å². The van der Waals surface area contributed by atoms with Crippen LogP contribution in [0.25, 0.3) is 10.9 Å². The summed E-state index contributed by atoms with van der Waals surface area (Å²) in [5, 5.41) is 7.18. The van der Waals surface area contributed by atoms with E-state index >= 15 is 0 Å². The molecule has 4 aromatic rings. The highest BCUT2D eigenvalue weighted by atomic mass is 16.5. The SMILES string of the molecule is Cc1ccc(Oc2ccc(Nc3nc(NC4CCN(C)CC4)nc4cc[nH]c(=O)c34)cc2)cc1. The summed E-state index contributed by atoms with van der Waals surface area (Å²) in [6, 6.07) is 17.6. The van der Waals surface area contributed by atoms with Gasteiger partial charge in [0.15, 0.2) is 0 Å². The van der Waals surface area contributed by atoms with Crippen molar-refractivity contribution in [1.82, 2.24) is 19.9 Å². The van der Waals surface area contributed by atoms with Gasteiger partial charge in [-0.2, -0.15) is 4.98 Å². The number of anilines is 3. The summed E-state index contributed by atoms with van der Waals surface area (Å²) in [5.74, 6) is 2.50. The molecule has 1 aliphatic heterocycles. The number of rotatable bonds is 6. The molecule has 0 unspecified atom stereocenters. The zero-order chi connectivity index (χ0) is 23.5. The highest BCUT2D eigenvalue weighted by molar-refractivity contribution is 5.90. The minimum absolute atomic E-state index is 0.231. The van der Waals surface area contributed by atoms with Crippen molar-refractivity contribution < 1.29 is 4.74 Å². The summed E-state index contributed by atoms with van der Waals surface area (Å²) < 4.78 is 5.92. The van der Waals surface area contributed by atoms with Crippen molar-refractivity contribution in [2.45, 2.75) is 25.8 Å². The average molecular weight is 457 g/mol. The van der Waals surface area contributed by atoms with Crippen LogP contribution in [0, 0.1) is 6.92 Å². The monoisotopic (exact) mass is 456 g/mol. The molecule has 0 amide bonds. The van der Waals surface area contributed by atoms with Gasteiger partial charge in [0.05, 0.1) is 5.52 Å². The van der Waals surface area contributed by atoms with Crippen LogP contribution in [0.5, 0.6) is 11.5 Å². The highest BCUT2D eigenvalue weighted by Crippen LogP contribution is 2.27. The third-order valence-electron chi connectivity index (χ3n) is 6.05. The second-order valence-corrected chi connectivity index (χ2v) is 8.75. The Labute approximate surface area is 198 Å². The van der Waals surface area contributed by atoms with Gasteiger partial charge in [0, 0.05) is 17.9 Å². The predicted octanol–water partition coefficient (Wildman–Crippen LogP) is 4.67. The van der Waals surface area contributed by atoms with Crippen LogP contribution in [0.4, 0.5) is 17.5 Å². The number of ether oxygens (including phenoxy) is 1. The standard InChI is InChI=1S/C26H28N6O2/c1-17-3-7-20(8-4-17)34-21-9-5-18(6-10-21)28-24-23-22(11-14-27-25(23)33)30-26(31-24)29-19-12-15-32(2)16-13-19/h3-11,14,19H,12-13,15-16H2,1-2H3,(H,27,33)(H2,28,29,30,31).